The molecule has 0 radical (unpaired) electrons. The van der Waals surface area contributed by atoms with Crippen LogP contribution >= 0.6 is 11.3 Å². The van der Waals surface area contributed by atoms with Gasteiger partial charge in [0, 0.05) is 36.2 Å². The van der Waals surface area contributed by atoms with Gasteiger partial charge in [-0.05, 0) is 38.0 Å². The predicted molar refractivity (Wildman–Crippen MR) is 69.1 cm³/mol. The molecule has 94 valence electrons. The molecule has 2 N–H and O–H groups in total. The Labute approximate surface area is 106 Å². The first-order valence-corrected chi connectivity index (χ1v) is 7.47. The van der Waals surface area contributed by atoms with Gasteiger partial charge in [-0.3, -0.25) is 0 Å². The number of hydrogen-bond acceptors (Lipinski definition) is 4. The molecule has 17 heavy (non-hydrogen) atoms. The zero-order valence-corrected chi connectivity index (χ0v) is 10.9. The lowest BCUT2D eigenvalue weighted by molar-refractivity contribution is 0.256. The molecular weight excluding hydrogens is 232 g/mol. The monoisotopic (exact) mass is 252 g/mol. The average molecular weight is 252 g/mol. The highest BCUT2D eigenvalue weighted by atomic mass is 32.1. The van der Waals surface area contributed by atoms with Crippen LogP contribution in [0.2, 0.25) is 0 Å². The van der Waals surface area contributed by atoms with E-state index in [0.29, 0.717) is 12.6 Å². The zero-order chi connectivity index (χ0) is 11.7. The molecule has 1 atom stereocenters. The van der Waals surface area contributed by atoms with Crippen molar-refractivity contribution < 1.29 is 5.11 Å². The van der Waals surface area contributed by atoms with E-state index in [1.54, 1.807) is 0 Å². The summed E-state index contributed by atoms with van der Waals surface area (Å²) >= 11 is 1.86. The maximum Gasteiger partial charge on any atom is 0.0959 e. The van der Waals surface area contributed by atoms with Gasteiger partial charge in [0.15, 0.2) is 0 Å². The molecule has 0 bridgehead atoms. The number of aliphatic hydroxyl groups is 1. The van der Waals surface area contributed by atoms with Gasteiger partial charge in [0.05, 0.1) is 5.01 Å². The second-order valence-corrected chi connectivity index (χ2v) is 6.42. The summed E-state index contributed by atoms with van der Waals surface area (Å²) < 4.78 is 0. The first-order valence-electron chi connectivity index (χ1n) is 6.65. The van der Waals surface area contributed by atoms with E-state index in [9.17, 15) is 0 Å². The quantitative estimate of drug-likeness (QED) is 0.782. The lowest BCUT2D eigenvalue weighted by Crippen LogP contribution is -2.31. The van der Waals surface area contributed by atoms with E-state index in [1.807, 2.05) is 17.5 Å². The predicted octanol–water partition coefficient (Wildman–Crippen LogP) is 2.27. The van der Waals surface area contributed by atoms with E-state index >= 15 is 0 Å². The van der Waals surface area contributed by atoms with Crippen LogP contribution in [0.15, 0.2) is 6.20 Å². The van der Waals surface area contributed by atoms with Crippen molar-refractivity contribution in [2.24, 2.45) is 5.92 Å². The Morgan fingerprint density at radius 1 is 1.41 bits per heavy atom. The van der Waals surface area contributed by atoms with Crippen LogP contribution in [-0.4, -0.2) is 22.7 Å². The molecule has 2 aliphatic carbocycles. The molecule has 1 heterocycles. The third-order valence-corrected chi connectivity index (χ3v) is 4.83. The van der Waals surface area contributed by atoms with E-state index in [0.717, 1.165) is 24.8 Å². The first-order chi connectivity index (χ1) is 8.36. The summed E-state index contributed by atoms with van der Waals surface area (Å²) in [5.74, 6) is 1.57. The molecule has 0 aromatic carbocycles. The summed E-state index contributed by atoms with van der Waals surface area (Å²) in [4.78, 5) is 5.83. The SMILES string of the molecule is OCCC(NCc1cnc(C2CC2)s1)C1CC1. The topological polar surface area (TPSA) is 45.1 Å². The standard InChI is InChI=1S/C13H20N2OS/c16-6-5-12(9-1-2-9)14-7-11-8-15-13(17-11)10-3-4-10/h8-10,12,14,16H,1-7H2. The van der Waals surface area contributed by atoms with Crippen LogP contribution in [0.1, 0.15) is 47.9 Å². The molecular formula is C13H20N2OS. The average Bonchev–Trinajstić information content (AvgIpc) is 3.23. The Morgan fingerprint density at radius 2 is 2.24 bits per heavy atom. The van der Waals surface area contributed by atoms with Crippen LogP contribution in [0.5, 0.6) is 0 Å². The molecule has 3 rings (SSSR count). The second kappa shape index (κ2) is 5.04. The number of aliphatic hydroxyl groups excluding tert-OH is 1. The van der Waals surface area contributed by atoms with E-state index in [4.69, 9.17) is 5.11 Å². The van der Waals surface area contributed by atoms with Crippen molar-refractivity contribution in [1.82, 2.24) is 10.3 Å². The van der Waals surface area contributed by atoms with Gasteiger partial charge in [0.25, 0.3) is 0 Å². The molecule has 1 unspecified atom stereocenters. The van der Waals surface area contributed by atoms with Gasteiger partial charge in [0.1, 0.15) is 0 Å². The third-order valence-electron chi connectivity index (χ3n) is 3.67. The Kier molecular flexibility index (Phi) is 3.45. The summed E-state index contributed by atoms with van der Waals surface area (Å²) in [6.45, 7) is 1.22. The molecule has 1 aromatic heterocycles. The maximum atomic E-state index is 9.05. The van der Waals surface area contributed by atoms with Crippen molar-refractivity contribution in [2.75, 3.05) is 6.61 Å². The zero-order valence-electron chi connectivity index (χ0n) is 10.1. The molecule has 0 amide bonds. The summed E-state index contributed by atoms with van der Waals surface area (Å²) in [5, 5.41) is 14.0. The number of rotatable bonds is 7. The Bertz CT molecular complexity index is 371. The fourth-order valence-electron chi connectivity index (χ4n) is 2.30. The van der Waals surface area contributed by atoms with Crippen molar-refractivity contribution in [3.8, 4) is 0 Å². The fourth-order valence-corrected chi connectivity index (χ4v) is 3.33. The van der Waals surface area contributed by atoms with Crippen LogP contribution in [0.25, 0.3) is 0 Å². The molecule has 0 spiro atoms. The lowest BCUT2D eigenvalue weighted by atomic mass is 10.1. The van der Waals surface area contributed by atoms with Crippen LogP contribution in [0.4, 0.5) is 0 Å². The largest absolute Gasteiger partial charge is 0.396 e. The van der Waals surface area contributed by atoms with Crippen LogP contribution < -0.4 is 5.32 Å². The number of nitrogens with zero attached hydrogens (tertiary/aromatic N) is 1. The normalized spacial score (nSPS) is 21.7. The van der Waals surface area contributed by atoms with Gasteiger partial charge in [-0.15, -0.1) is 11.3 Å². The molecule has 4 heteroatoms. The van der Waals surface area contributed by atoms with Gasteiger partial charge < -0.3 is 10.4 Å². The number of nitrogens with one attached hydrogen (secondary N) is 1. The van der Waals surface area contributed by atoms with E-state index in [2.05, 4.69) is 10.3 Å². The van der Waals surface area contributed by atoms with Crippen molar-refractivity contribution in [2.45, 2.75) is 50.6 Å². The summed E-state index contributed by atoms with van der Waals surface area (Å²) in [6, 6.07) is 0.506. The van der Waals surface area contributed by atoms with Crippen molar-refractivity contribution >= 4 is 11.3 Å². The summed E-state index contributed by atoms with van der Waals surface area (Å²) in [6.07, 6.45) is 8.22. The van der Waals surface area contributed by atoms with Crippen LogP contribution in [0.3, 0.4) is 0 Å². The highest BCUT2D eigenvalue weighted by molar-refractivity contribution is 7.11. The highest BCUT2D eigenvalue weighted by Crippen LogP contribution is 2.41. The molecule has 2 aliphatic rings. The highest BCUT2D eigenvalue weighted by Gasteiger charge is 2.30. The molecule has 0 saturated heterocycles. The fraction of sp³-hybridized carbons (Fsp3) is 0.769. The number of thiazole rings is 1. The summed E-state index contributed by atoms with van der Waals surface area (Å²) in [7, 11) is 0. The van der Waals surface area contributed by atoms with Crippen LogP contribution in [0, 0.1) is 5.92 Å². The smallest absolute Gasteiger partial charge is 0.0959 e. The second-order valence-electron chi connectivity index (χ2n) is 5.28. The Balaban J connectivity index is 1.50. The molecule has 2 fully saturated rings. The van der Waals surface area contributed by atoms with Crippen molar-refractivity contribution in [1.29, 1.82) is 0 Å². The Hall–Kier alpha value is -0.450. The lowest BCUT2D eigenvalue weighted by Gasteiger charge is -2.16. The first kappa shape index (κ1) is 11.6. The minimum absolute atomic E-state index is 0.296. The van der Waals surface area contributed by atoms with Crippen LogP contribution in [-0.2, 0) is 6.54 Å². The van der Waals surface area contributed by atoms with Gasteiger partial charge in [0.2, 0.25) is 0 Å². The van der Waals surface area contributed by atoms with Crippen molar-refractivity contribution in [3.63, 3.8) is 0 Å². The third kappa shape index (κ3) is 3.06. The number of hydrogen-bond donors (Lipinski definition) is 2. The van der Waals surface area contributed by atoms with Gasteiger partial charge in [-0.1, -0.05) is 0 Å². The molecule has 3 nitrogen and oxygen atoms in total. The van der Waals surface area contributed by atoms with Gasteiger partial charge in [-0.2, -0.15) is 0 Å². The molecule has 2 saturated carbocycles. The number of aromatic nitrogens is 1. The minimum Gasteiger partial charge on any atom is -0.396 e. The van der Waals surface area contributed by atoms with E-state index in [-0.39, 0.29) is 0 Å². The van der Waals surface area contributed by atoms with E-state index < -0.39 is 0 Å². The maximum absolute atomic E-state index is 9.05. The van der Waals surface area contributed by atoms with Gasteiger partial charge >= 0.3 is 0 Å². The molecule has 1 aromatic rings. The van der Waals surface area contributed by atoms with Gasteiger partial charge in [-0.25, -0.2) is 4.98 Å². The van der Waals surface area contributed by atoms with E-state index in [1.165, 1.54) is 35.6 Å². The molecule has 0 aliphatic heterocycles. The van der Waals surface area contributed by atoms with Crippen molar-refractivity contribution in [3.05, 3.63) is 16.1 Å². The summed E-state index contributed by atoms with van der Waals surface area (Å²) in [5.41, 5.74) is 0. The minimum atomic E-state index is 0.296. The Morgan fingerprint density at radius 3 is 2.88 bits per heavy atom.